The number of carboxylic acids is 1. The van der Waals surface area contributed by atoms with Gasteiger partial charge in [-0.3, -0.25) is 0 Å². The van der Waals surface area contributed by atoms with Crippen molar-refractivity contribution in [3.63, 3.8) is 0 Å². The molecule has 0 aliphatic rings. The van der Waals surface area contributed by atoms with Gasteiger partial charge in [-0.15, -0.1) is 13.2 Å². The van der Waals surface area contributed by atoms with Gasteiger partial charge in [0.15, 0.2) is 0 Å². The fraction of sp³-hybridized carbons (Fsp3) is 0.0870. The summed E-state index contributed by atoms with van der Waals surface area (Å²) < 4.78 is 46.7. The van der Waals surface area contributed by atoms with E-state index in [2.05, 4.69) is 4.74 Å². The molecule has 0 saturated carbocycles. The van der Waals surface area contributed by atoms with Crippen LogP contribution in [0.3, 0.4) is 0 Å². The van der Waals surface area contributed by atoms with Crippen LogP contribution in [0.15, 0.2) is 78.9 Å². The highest BCUT2D eigenvalue weighted by Crippen LogP contribution is 2.30. The van der Waals surface area contributed by atoms with Crippen LogP contribution < -0.4 is 9.47 Å². The first kappa shape index (κ1) is 21.0. The zero-order valence-electron chi connectivity index (χ0n) is 15.6. The Morgan fingerprint density at radius 1 is 0.933 bits per heavy atom. The first-order chi connectivity index (χ1) is 14.3. The third-order valence-corrected chi connectivity index (χ3v) is 4.07. The number of halogens is 3. The van der Waals surface area contributed by atoms with E-state index in [1.807, 2.05) is 30.3 Å². The molecular formula is C23H17F3O4. The van der Waals surface area contributed by atoms with E-state index < -0.39 is 12.3 Å². The van der Waals surface area contributed by atoms with E-state index in [0.29, 0.717) is 29.0 Å². The smallest absolute Gasteiger partial charge is 0.488 e. The monoisotopic (exact) mass is 414 g/mol. The first-order valence-corrected chi connectivity index (χ1v) is 8.88. The molecule has 4 nitrogen and oxygen atoms in total. The lowest BCUT2D eigenvalue weighted by Gasteiger charge is -2.12. The molecule has 30 heavy (non-hydrogen) atoms. The Bertz CT molecular complexity index is 1030. The third kappa shape index (κ3) is 6.13. The number of hydrogen-bond donors (Lipinski definition) is 1. The third-order valence-electron chi connectivity index (χ3n) is 4.07. The van der Waals surface area contributed by atoms with Crippen LogP contribution in [0.25, 0.3) is 17.2 Å². The van der Waals surface area contributed by atoms with Crippen molar-refractivity contribution in [3.05, 3.63) is 90.0 Å². The molecule has 0 heterocycles. The Morgan fingerprint density at radius 2 is 1.60 bits per heavy atom. The van der Waals surface area contributed by atoms with Crippen LogP contribution in [0.5, 0.6) is 11.5 Å². The molecule has 0 unspecified atom stereocenters. The lowest BCUT2D eigenvalue weighted by atomic mass is 10.0. The minimum Gasteiger partial charge on any atom is -0.488 e. The van der Waals surface area contributed by atoms with Gasteiger partial charge in [-0.2, -0.15) is 0 Å². The molecule has 0 aromatic heterocycles. The van der Waals surface area contributed by atoms with Crippen molar-refractivity contribution in [2.75, 3.05) is 0 Å². The van der Waals surface area contributed by atoms with E-state index in [-0.39, 0.29) is 5.75 Å². The van der Waals surface area contributed by atoms with Gasteiger partial charge in [0.2, 0.25) is 0 Å². The van der Waals surface area contributed by atoms with Crippen molar-refractivity contribution in [2.24, 2.45) is 0 Å². The van der Waals surface area contributed by atoms with Crippen LogP contribution in [0.1, 0.15) is 11.1 Å². The van der Waals surface area contributed by atoms with E-state index in [1.165, 1.54) is 30.3 Å². The summed E-state index contributed by atoms with van der Waals surface area (Å²) in [5.41, 5.74) is 2.81. The van der Waals surface area contributed by atoms with Gasteiger partial charge in [0.25, 0.3) is 0 Å². The van der Waals surface area contributed by atoms with Crippen molar-refractivity contribution in [3.8, 4) is 22.6 Å². The van der Waals surface area contributed by atoms with Gasteiger partial charge in [0.1, 0.15) is 18.1 Å². The summed E-state index contributed by atoms with van der Waals surface area (Å²) >= 11 is 0. The molecule has 0 radical (unpaired) electrons. The van der Waals surface area contributed by atoms with Gasteiger partial charge in [0, 0.05) is 11.6 Å². The zero-order chi connectivity index (χ0) is 21.6. The topological polar surface area (TPSA) is 55.8 Å². The summed E-state index contributed by atoms with van der Waals surface area (Å²) in [7, 11) is 0. The van der Waals surface area contributed by atoms with Crippen LogP contribution in [0.4, 0.5) is 13.2 Å². The van der Waals surface area contributed by atoms with E-state index >= 15 is 0 Å². The number of alkyl halides is 3. The Kier molecular flexibility index (Phi) is 6.41. The SMILES string of the molecule is O=C(O)C=Cc1cc(-c2ccc(OC(F)(F)F)cc2)ccc1OCc1ccccc1. The highest BCUT2D eigenvalue weighted by molar-refractivity contribution is 5.86. The molecule has 0 aliphatic carbocycles. The molecule has 0 fully saturated rings. The largest absolute Gasteiger partial charge is 0.573 e. The normalized spacial score (nSPS) is 11.4. The van der Waals surface area contributed by atoms with E-state index in [1.54, 1.807) is 18.2 Å². The van der Waals surface area contributed by atoms with E-state index in [9.17, 15) is 18.0 Å². The number of hydrogen-bond acceptors (Lipinski definition) is 3. The van der Waals surface area contributed by atoms with Crippen molar-refractivity contribution < 1.29 is 32.5 Å². The number of ether oxygens (including phenoxy) is 2. The molecule has 3 aromatic carbocycles. The van der Waals surface area contributed by atoms with Gasteiger partial charge < -0.3 is 14.6 Å². The summed E-state index contributed by atoms with van der Waals surface area (Å²) in [5.74, 6) is -0.944. The molecule has 0 bridgehead atoms. The summed E-state index contributed by atoms with van der Waals surface area (Å²) in [6, 6.07) is 20.1. The highest BCUT2D eigenvalue weighted by Gasteiger charge is 2.30. The zero-order valence-corrected chi connectivity index (χ0v) is 15.6. The fourth-order valence-corrected chi connectivity index (χ4v) is 2.74. The average Bonchev–Trinajstić information content (AvgIpc) is 2.71. The summed E-state index contributed by atoms with van der Waals surface area (Å²) in [6.07, 6.45) is -2.35. The molecule has 0 atom stereocenters. The van der Waals surface area contributed by atoms with E-state index in [0.717, 1.165) is 11.6 Å². The summed E-state index contributed by atoms with van der Waals surface area (Å²) in [5, 5.41) is 8.95. The molecule has 0 aliphatic heterocycles. The highest BCUT2D eigenvalue weighted by atomic mass is 19.4. The average molecular weight is 414 g/mol. The van der Waals surface area contributed by atoms with Crippen LogP contribution in [-0.4, -0.2) is 17.4 Å². The molecule has 0 amide bonds. The maximum Gasteiger partial charge on any atom is 0.573 e. The van der Waals surface area contributed by atoms with E-state index in [4.69, 9.17) is 9.84 Å². The lowest BCUT2D eigenvalue weighted by Crippen LogP contribution is -2.16. The molecule has 3 aromatic rings. The molecule has 3 rings (SSSR count). The van der Waals surface area contributed by atoms with Gasteiger partial charge in [-0.1, -0.05) is 48.5 Å². The molecular weight excluding hydrogens is 397 g/mol. The molecule has 1 N–H and O–H groups in total. The Hall–Kier alpha value is -3.74. The first-order valence-electron chi connectivity index (χ1n) is 8.88. The summed E-state index contributed by atoms with van der Waals surface area (Å²) in [6.45, 7) is 0.303. The van der Waals surface area contributed by atoms with Gasteiger partial charge in [-0.25, -0.2) is 4.79 Å². The second-order valence-electron chi connectivity index (χ2n) is 6.27. The fourth-order valence-electron chi connectivity index (χ4n) is 2.74. The lowest BCUT2D eigenvalue weighted by molar-refractivity contribution is -0.274. The predicted molar refractivity (Wildman–Crippen MR) is 106 cm³/mol. The predicted octanol–water partition coefficient (Wildman–Crippen LogP) is 5.93. The standard InChI is InChI=1S/C23H17F3O4/c24-23(25,26)30-20-10-6-17(7-11-20)18-8-12-21(19(14-18)9-13-22(27)28)29-15-16-4-2-1-3-5-16/h1-14H,15H2,(H,27,28). The van der Waals surface area contributed by atoms with Gasteiger partial charge in [-0.05, 0) is 47.0 Å². The van der Waals surface area contributed by atoms with Crippen molar-refractivity contribution in [1.82, 2.24) is 0 Å². The molecule has 7 heteroatoms. The quantitative estimate of drug-likeness (QED) is 0.487. The summed E-state index contributed by atoms with van der Waals surface area (Å²) in [4.78, 5) is 10.9. The van der Waals surface area contributed by atoms with Crippen LogP contribution in [0, 0.1) is 0 Å². The van der Waals surface area contributed by atoms with Crippen LogP contribution in [0.2, 0.25) is 0 Å². The maximum atomic E-state index is 12.3. The number of carboxylic acid groups (broad SMARTS) is 1. The minimum atomic E-state index is -4.76. The van der Waals surface area contributed by atoms with Gasteiger partial charge in [0.05, 0.1) is 0 Å². The minimum absolute atomic E-state index is 0.303. The van der Waals surface area contributed by atoms with Gasteiger partial charge >= 0.3 is 12.3 Å². The van der Waals surface area contributed by atoms with Crippen molar-refractivity contribution in [2.45, 2.75) is 13.0 Å². The molecule has 154 valence electrons. The Labute approximate surface area is 170 Å². The number of benzene rings is 3. The van der Waals surface area contributed by atoms with Crippen LogP contribution >= 0.6 is 0 Å². The second-order valence-corrected chi connectivity index (χ2v) is 6.27. The number of carbonyl (C=O) groups is 1. The maximum absolute atomic E-state index is 12.3. The number of aliphatic carboxylic acids is 1. The van der Waals surface area contributed by atoms with Crippen molar-refractivity contribution in [1.29, 1.82) is 0 Å². The molecule has 0 spiro atoms. The Balaban J connectivity index is 1.85. The molecule has 0 saturated heterocycles. The van der Waals surface area contributed by atoms with Crippen molar-refractivity contribution >= 4 is 12.0 Å². The number of rotatable bonds is 7. The Morgan fingerprint density at radius 3 is 2.23 bits per heavy atom. The second kappa shape index (κ2) is 9.17. The van der Waals surface area contributed by atoms with Crippen LogP contribution in [-0.2, 0) is 11.4 Å².